The van der Waals surface area contributed by atoms with Gasteiger partial charge in [-0.15, -0.1) is 10.2 Å². The third kappa shape index (κ3) is 5.12. The molecule has 3 aromatic rings. The lowest BCUT2D eigenvalue weighted by Crippen LogP contribution is -2.13. The van der Waals surface area contributed by atoms with Crippen LogP contribution in [0.5, 0.6) is 0 Å². The molecule has 2 N–H and O–H groups in total. The lowest BCUT2D eigenvalue weighted by molar-refractivity contribution is -0.384. The van der Waals surface area contributed by atoms with Crippen LogP contribution in [-0.4, -0.2) is 32.7 Å². The Bertz CT molecular complexity index is 955. The van der Waals surface area contributed by atoms with E-state index >= 15 is 0 Å². The summed E-state index contributed by atoms with van der Waals surface area (Å²) >= 11 is 2.28. The molecule has 0 bridgehead atoms. The van der Waals surface area contributed by atoms with Crippen LogP contribution in [0.25, 0.3) is 0 Å². The molecule has 0 spiro atoms. The summed E-state index contributed by atoms with van der Waals surface area (Å²) in [6, 6.07) is 8.64. The molecule has 0 fully saturated rings. The first-order valence-electron chi connectivity index (χ1n) is 7.37. The molecule has 0 atom stereocenters. The van der Waals surface area contributed by atoms with Crippen LogP contribution in [0, 0.1) is 10.1 Å². The number of nitro benzene ring substituents is 1. The maximum atomic E-state index is 12.0. The molecule has 0 aliphatic rings. The first-order chi connectivity index (χ1) is 13.0. The molecule has 0 aliphatic carbocycles. The van der Waals surface area contributed by atoms with E-state index < -0.39 is 10.8 Å². The summed E-state index contributed by atoms with van der Waals surface area (Å²) in [6.07, 6.45) is 1.39. The third-order valence-electron chi connectivity index (χ3n) is 3.06. The Morgan fingerprint density at radius 2 is 1.96 bits per heavy atom. The number of furan rings is 1. The normalized spacial score (nSPS) is 10.4. The van der Waals surface area contributed by atoms with Crippen molar-refractivity contribution >= 4 is 51.4 Å². The summed E-state index contributed by atoms with van der Waals surface area (Å²) in [5, 5.41) is 23.8. The topological polar surface area (TPSA) is 140 Å². The van der Waals surface area contributed by atoms with Crippen LogP contribution in [0.15, 0.2) is 51.4 Å². The highest BCUT2D eigenvalue weighted by atomic mass is 32.2. The Labute approximate surface area is 160 Å². The van der Waals surface area contributed by atoms with E-state index in [0.29, 0.717) is 10.0 Å². The smallest absolute Gasteiger partial charge is 0.293 e. The van der Waals surface area contributed by atoms with Crippen LogP contribution in [0.4, 0.5) is 16.5 Å². The summed E-state index contributed by atoms with van der Waals surface area (Å²) in [6.45, 7) is 0. The van der Waals surface area contributed by atoms with Gasteiger partial charge in [0.25, 0.3) is 11.6 Å². The standard InChI is InChI=1S/C15H11N5O5S2/c21-12(16-9-3-5-10(6-4-9)20(23)24)8-26-15-19-18-14(27-15)17-13(22)11-2-1-7-25-11/h1-7H,8H2,(H,16,21)(H,17,18,22). The van der Waals surface area contributed by atoms with E-state index in [2.05, 4.69) is 20.8 Å². The maximum absolute atomic E-state index is 12.0. The van der Waals surface area contributed by atoms with E-state index in [0.717, 1.165) is 23.1 Å². The molecule has 2 amide bonds. The van der Waals surface area contributed by atoms with Crippen molar-refractivity contribution in [2.45, 2.75) is 4.34 Å². The zero-order valence-electron chi connectivity index (χ0n) is 13.4. The Morgan fingerprint density at radius 1 is 1.19 bits per heavy atom. The molecule has 0 saturated heterocycles. The highest BCUT2D eigenvalue weighted by Gasteiger charge is 2.13. The number of benzene rings is 1. The molecule has 2 heterocycles. The Balaban J connectivity index is 1.48. The van der Waals surface area contributed by atoms with Crippen molar-refractivity contribution in [3.8, 4) is 0 Å². The molecule has 3 rings (SSSR count). The van der Waals surface area contributed by atoms with Crippen LogP contribution in [0.2, 0.25) is 0 Å². The number of thioether (sulfide) groups is 1. The van der Waals surface area contributed by atoms with Gasteiger partial charge in [0, 0.05) is 17.8 Å². The first-order valence-corrected chi connectivity index (χ1v) is 9.17. The second kappa shape index (κ2) is 8.42. The van der Waals surface area contributed by atoms with E-state index in [4.69, 9.17) is 4.42 Å². The average Bonchev–Trinajstić information content (AvgIpc) is 3.32. The largest absolute Gasteiger partial charge is 0.459 e. The zero-order chi connectivity index (χ0) is 19.2. The number of nitrogens with zero attached hydrogens (tertiary/aromatic N) is 3. The zero-order valence-corrected chi connectivity index (χ0v) is 15.1. The summed E-state index contributed by atoms with van der Waals surface area (Å²) < 4.78 is 5.48. The van der Waals surface area contributed by atoms with E-state index in [1.54, 1.807) is 6.07 Å². The van der Waals surface area contributed by atoms with E-state index in [9.17, 15) is 19.7 Å². The molecule has 27 heavy (non-hydrogen) atoms. The number of hydrogen-bond donors (Lipinski definition) is 2. The van der Waals surface area contributed by atoms with E-state index in [1.165, 1.54) is 36.6 Å². The second-order valence-corrected chi connectivity index (χ2v) is 7.15. The quantitative estimate of drug-likeness (QED) is 0.264. The number of nitro groups is 1. The van der Waals surface area contributed by atoms with Gasteiger partial charge in [-0.1, -0.05) is 23.1 Å². The van der Waals surface area contributed by atoms with E-state index in [1.807, 2.05) is 0 Å². The lowest BCUT2D eigenvalue weighted by atomic mass is 10.3. The van der Waals surface area contributed by atoms with Crippen LogP contribution in [0.1, 0.15) is 10.6 Å². The maximum Gasteiger partial charge on any atom is 0.293 e. The second-order valence-electron chi connectivity index (χ2n) is 4.95. The van der Waals surface area contributed by atoms with Gasteiger partial charge in [-0.25, -0.2) is 0 Å². The number of carbonyl (C=O) groups is 2. The average molecular weight is 405 g/mol. The number of nitrogens with one attached hydrogen (secondary N) is 2. The van der Waals surface area contributed by atoms with E-state index in [-0.39, 0.29) is 28.2 Å². The van der Waals surface area contributed by atoms with Gasteiger partial charge < -0.3 is 9.73 Å². The SMILES string of the molecule is O=C(CSc1nnc(NC(=O)c2ccco2)s1)Nc1ccc([N+](=O)[O-])cc1. The predicted octanol–water partition coefficient (Wildman–Crippen LogP) is 3.02. The molecule has 1 aromatic carbocycles. The van der Waals surface area contributed by atoms with Crippen molar-refractivity contribution < 1.29 is 18.9 Å². The summed E-state index contributed by atoms with van der Waals surface area (Å²) in [5.41, 5.74) is 0.398. The van der Waals surface area contributed by atoms with Crippen LogP contribution in [-0.2, 0) is 4.79 Å². The predicted molar refractivity (Wildman–Crippen MR) is 99.0 cm³/mol. The first kappa shape index (κ1) is 18.5. The molecule has 10 nitrogen and oxygen atoms in total. The Morgan fingerprint density at radius 3 is 2.63 bits per heavy atom. The minimum absolute atomic E-state index is 0.0552. The van der Waals surface area contributed by atoms with Crippen molar-refractivity contribution in [2.24, 2.45) is 0 Å². The highest BCUT2D eigenvalue weighted by Crippen LogP contribution is 2.26. The van der Waals surface area contributed by atoms with Crippen molar-refractivity contribution in [3.63, 3.8) is 0 Å². The van der Waals surface area contributed by atoms with Gasteiger partial charge in [0.1, 0.15) is 0 Å². The Kier molecular flexibility index (Phi) is 5.78. The fourth-order valence-corrected chi connectivity index (χ4v) is 3.42. The van der Waals surface area contributed by atoms with Crippen molar-refractivity contribution in [2.75, 3.05) is 16.4 Å². The van der Waals surface area contributed by atoms with Gasteiger partial charge in [0.2, 0.25) is 11.0 Å². The van der Waals surface area contributed by atoms with Crippen LogP contribution < -0.4 is 10.6 Å². The third-order valence-corrected chi connectivity index (χ3v) is 5.03. The van der Waals surface area contributed by atoms with Gasteiger partial charge >= 0.3 is 0 Å². The molecule has 0 saturated carbocycles. The Hall–Kier alpha value is -3.25. The number of rotatable bonds is 7. The number of non-ortho nitro benzene ring substituents is 1. The van der Waals surface area contributed by atoms with Crippen molar-refractivity contribution in [3.05, 3.63) is 58.5 Å². The van der Waals surface area contributed by atoms with Crippen molar-refractivity contribution in [1.82, 2.24) is 10.2 Å². The molecule has 12 heteroatoms. The monoisotopic (exact) mass is 405 g/mol. The number of hydrogen-bond acceptors (Lipinski definition) is 9. The minimum atomic E-state index is -0.515. The highest BCUT2D eigenvalue weighted by molar-refractivity contribution is 8.01. The fraction of sp³-hybridized carbons (Fsp3) is 0.0667. The van der Waals surface area contributed by atoms with Crippen molar-refractivity contribution in [1.29, 1.82) is 0 Å². The van der Waals surface area contributed by atoms with Gasteiger partial charge in [0.05, 0.1) is 16.9 Å². The van der Waals surface area contributed by atoms with Gasteiger partial charge in [-0.05, 0) is 24.3 Å². The molecule has 0 radical (unpaired) electrons. The van der Waals surface area contributed by atoms with Gasteiger partial charge in [-0.3, -0.25) is 25.0 Å². The minimum Gasteiger partial charge on any atom is -0.459 e. The van der Waals surface area contributed by atoms with Crippen LogP contribution >= 0.6 is 23.1 Å². The lowest BCUT2D eigenvalue weighted by Gasteiger charge is -2.03. The molecule has 138 valence electrons. The van der Waals surface area contributed by atoms with Gasteiger partial charge in [0.15, 0.2) is 10.1 Å². The van der Waals surface area contributed by atoms with Gasteiger partial charge in [-0.2, -0.15) is 0 Å². The molecule has 2 aromatic heterocycles. The number of carbonyl (C=O) groups excluding carboxylic acids is 2. The number of amides is 2. The number of anilines is 2. The summed E-state index contributed by atoms with van der Waals surface area (Å²) in [7, 11) is 0. The molecular formula is C15H11N5O5S2. The van der Waals surface area contributed by atoms with Crippen LogP contribution in [0.3, 0.4) is 0 Å². The summed E-state index contributed by atoms with van der Waals surface area (Å²) in [5.74, 6) is -0.520. The molecule has 0 aliphatic heterocycles. The summed E-state index contributed by atoms with van der Waals surface area (Å²) in [4.78, 5) is 33.9. The fourth-order valence-electron chi connectivity index (χ4n) is 1.88. The molecular weight excluding hydrogens is 394 g/mol. The number of aromatic nitrogens is 2. The molecule has 0 unspecified atom stereocenters.